The maximum atomic E-state index is 13.4. The van der Waals surface area contributed by atoms with Crippen LogP contribution in [0.5, 0.6) is 5.75 Å². The van der Waals surface area contributed by atoms with Crippen LogP contribution in [0.4, 0.5) is 26.3 Å². The number of ether oxygens (including phenoxy) is 2. The lowest BCUT2D eigenvalue weighted by atomic mass is 10.1. The Labute approximate surface area is 193 Å². The fraction of sp³-hybridized carbons (Fsp3) is 0.167. The predicted octanol–water partition coefficient (Wildman–Crippen LogP) is 6.83. The summed E-state index contributed by atoms with van der Waals surface area (Å²) in [6.07, 6.45) is -10.9. The molecule has 35 heavy (non-hydrogen) atoms. The molecule has 0 saturated carbocycles. The number of rotatable bonds is 5. The maximum absolute atomic E-state index is 13.4. The number of carbonyl (C=O) groups excluding carboxylic acids is 1. The van der Waals surface area contributed by atoms with Gasteiger partial charge in [0, 0.05) is 5.56 Å². The first-order valence-corrected chi connectivity index (χ1v) is 9.96. The lowest BCUT2D eigenvalue weighted by Crippen LogP contribution is -2.21. The Balaban J connectivity index is 1.80. The second kappa shape index (κ2) is 8.97. The van der Waals surface area contributed by atoms with Crippen molar-refractivity contribution < 1.29 is 45.0 Å². The molecule has 4 aromatic rings. The highest BCUT2D eigenvalue weighted by Gasteiger charge is 2.34. The van der Waals surface area contributed by atoms with Crippen LogP contribution < -0.4 is 4.74 Å². The molecule has 0 amide bonds. The molecule has 0 aliphatic heterocycles. The number of alkyl halides is 6. The van der Waals surface area contributed by atoms with Crippen LogP contribution in [0, 0.1) is 0 Å². The molecule has 0 aliphatic carbocycles. The van der Waals surface area contributed by atoms with Gasteiger partial charge in [-0.15, -0.1) is 0 Å². The smallest absolute Gasteiger partial charge is 0.416 e. The monoisotopic (exact) mass is 495 g/mol. The van der Waals surface area contributed by atoms with Gasteiger partial charge in [0.1, 0.15) is 11.3 Å². The quantitative estimate of drug-likeness (QED) is 0.225. The summed E-state index contributed by atoms with van der Waals surface area (Å²) >= 11 is 0. The van der Waals surface area contributed by atoms with E-state index in [9.17, 15) is 31.1 Å². The minimum atomic E-state index is -4.70. The Hall–Kier alpha value is -4.02. The highest BCUT2D eigenvalue weighted by atomic mass is 19.4. The number of hydrogen-bond donors (Lipinski definition) is 0. The van der Waals surface area contributed by atoms with E-state index in [1.807, 2.05) is 0 Å². The average molecular weight is 495 g/mol. The van der Waals surface area contributed by atoms with Crippen molar-refractivity contribution in [1.29, 1.82) is 0 Å². The van der Waals surface area contributed by atoms with Gasteiger partial charge in [-0.2, -0.15) is 26.3 Å². The number of oxazole rings is 1. The van der Waals surface area contributed by atoms with Crippen LogP contribution in [0.15, 0.2) is 71.1 Å². The second-order valence-corrected chi connectivity index (χ2v) is 7.34. The third kappa shape index (κ3) is 5.08. The van der Waals surface area contributed by atoms with E-state index in [2.05, 4.69) is 4.98 Å². The number of aromatic nitrogens is 1. The van der Waals surface area contributed by atoms with Gasteiger partial charge in [0.15, 0.2) is 5.58 Å². The molecule has 4 rings (SSSR count). The summed E-state index contributed by atoms with van der Waals surface area (Å²) in [7, 11) is 1.04. The summed E-state index contributed by atoms with van der Waals surface area (Å²) < 4.78 is 95.0. The Morgan fingerprint density at radius 2 is 1.51 bits per heavy atom. The Bertz CT molecular complexity index is 1330. The van der Waals surface area contributed by atoms with Gasteiger partial charge in [0.05, 0.1) is 23.8 Å². The number of para-hydroxylation sites is 2. The van der Waals surface area contributed by atoms with E-state index in [0.717, 1.165) is 49.6 Å². The number of halogens is 6. The van der Waals surface area contributed by atoms with Crippen molar-refractivity contribution in [3.63, 3.8) is 0 Å². The molecule has 0 aliphatic rings. The molecular formula is C24H15F6NO4. The molecule has 0 spiro atoms. The van der Waals surface area contributed by atoms with Gasteiger partial charge in [0.25, 0.3) is 0 Å². The third-order valence-electron chi connectivity index (χ3n) is 5.03. The van der Waals surface area contributed by atoms with Crippen LogP contribution >= 0.6 is 0 Å². The largest absolute Gasteiger partial charge is 0.473 e. The minimum absolute atomic E-state index is 0.00624. The van der Waals surface area contributed by atoms with Crippen molar-refractivity contribution in [2.45, 2.75) is 18.5 Å². The number of benzene rings is 3. The zero-order chi connectivity index (χ0) is 25.4. The number of fused-ring (bicyclic) bond motifs is 1. The third-order valence-corrected chi connectivity index (χ3v) is 5.03. The zero-order valence-electron chi connectivity index (χ0n) is 17.8. The van der Waals surface area contributed by atoms with Crippen molar-refractivity contribution in [3.8, 4) is 17.2 Å². The number of nitrogens with zero attached hydrogens (tertiary/aromatic N) is 1. The molecule has 1 heterocycles. The van der Waals surface area contributed by atoms with Crippen LogP contribution in [0.3, 0.4) is 0 Å². The summed E-state index contributed by atoms with van der Waals surface area (Å²) in [5.74, 6) is -1.41. The summed E-state index contributed by atoms with van der Waals surface area (Å²) in [6, 6.07) is 12.5. The average Bonchev–Trinajstić information content (AvgIpc) is 3.25. The molecule has 5 nitrogen and oxygen atoms in total. The fourth-order valence-corrected chi connectivity index (χ4v) is 3.30. The molecular weight excluding hydrogens is 480 g/mol. The molecule has 0 fully saturated rings. The van der Waals surface area contributed by atoms with E-state index in [4.69, 9.17) is 13.9 Å². The van der Waals surface area contributed by atoms with Gasteiger partial charge in [0.2, 0.25) is 12.0 Å². The van der Waals surface area contributed by atoms with Gasteiger partial charge >= 0.3 is 18.3 Å². The van der Waals surface area contributed by atoms with Crippen molar-refractivity contribution in [2.75, 3.05) is 7.11 Å². The van der Waals surface area contributed by atoms with Gasteiger partial charge in [-0.3, -0.25) is 0 Å². The lowest BCUT2D eigenvalue weighted by Gasteiger charge is -2.20. The number of methoxy groups -OCH3 is 1. The highest BCUT2D eigenvalue weighted by molar-refractivity contribution is 5.79. The molecule has 1 atom stereocenters. The molecule has 1 unspecified atom stereocenters. The Kier molecular flexibility index (Phi) is 6.18. The van der Waals surface area contributed by atoms with Crippen LogP contribution in [-0.2, 0) is 21.9 Å². The molecule has 0 N–H and O–H groups in total. The molecule has 0 saturated heterocycles. The predicted molar refractivity (Wildman–Crippen MR) is 111 cm³/mol. The van der Waals surface area contributed by atoms with E-state index in [0.29, 0.717) is 11.1 Å². The Morgan fingerprint density at radius 3 is 2.11 bits per heavy atom. The van der Waals surface area contributed by atoms with E-state index in [-0.39, 0.29) is 22.8 Å². The molecule has 3 aromatic carbocycles. The van der Waals surface area contributed by atoms with E-state index in [1.54, 1.807) is 24.3 Å². The SMILES string of the molecule is COC(=O)C(Oc1ccc(C(F)(F)F)cc1-c1nc2ccccc2o1)c1ccc(C(F)(F)F)cc1. The van der Waals surface area contributed by atoms with Crippen LogP contribution in [-0.4, -0.2) is 18.1 Å². The maximum Gasteiger partial charge on any atom is 0.416 e. The second-order valence-electron chi connectivity index (χ2n) is 7.34. The summed E-state index contributed by atoms with van der Waals surface area (Å²) in [4.78, 5) is 16.6. The van der Waals surface area contributed by atoms with Crippen LogP contribution in [0.2, 0.25) is 0 Å². The first-order valence-electron chi connectivity index (χ1n) is 9.96. The molecule has 182 valence electrons. The van der Waals surface area contributed by atoms with E-state index < -0.39 is 35.6 Å². The van der Waals surface area contributed by atoms with Gasteiger partial charge in [-0.05, 0) is 42.5 Å². The standard InChI is InChI=1S/C24H15F6NO4/c1-33-22(32)20(13-6-8-14(9-7-13)23(25,26)27)34-18-11-10-15(24(28,29)30)12-16(18)21-31-17-4-2-3-5-19(17)35-21/h2-12,20H,1H3. The number of esters is 1. The molecule has 0 bridgehead atoms. The Morgan fingerprint density at radius 1 is 0.886 bits per heavy atom. The molecule has 0 radical (unpaired) electrons. The minimum Gasteiger partial charge on any atom is -0.473 e. The van der Waals surface area contributed by atoms with Crippen molar-refractivity contribution >= 4 is 17.1 Å². The summed E-state index contributed by atoms with van der Waals surface area (Å²) in [5, 5.41) is 0. The van der Waals surface area contributed by atoms with E-state index >= 15 is 0 Å². The van der Waals surface area contributed by atoms with Gasteiger partial charge < -0.3 is 13.9 Å². The fourth-order valence-electron chi connectivity index (χ4n) is 3.30. The van der Waals surface area contributed by atoms with Gasteiger partial charge in [-0.1, -0.05) is 24.3 Å². The number of hydrogen-bond acceptors (Lipinski definition) is 5. The van der Waals surface area contributed by atoms with Crippen LogP contribution in [0.25, 0.3) is 22.6 Å². The topological polar surface area (TPSA) is 61.6 Å². The highest BCUT2D eigenvalue weighted by Crippen LogP contribution is 2.40. The van der Waals surface area contributed by atoms with E-state index in [1.165, 1.54) is 0 Å². The van der Waals surface area contributed by atoms with Crippen LogP contribution in [0.1, 0.15) is 22.8 Å². The summed E-state index contributed by atoms with van der Waals surface area (Å²) in [6.45, 7) is 0. The van der Waals surface area contributed by atoms with Crippen molar-refractivity contribution in [3.05, 3.63) is 83.4 Å². The lowest BCUT2D eigenvalue weighted by molar-refractivity contribution is -0.149. The number of carbonyl (C=O) groups is 1. The first kappa shape index (κ1) is 24.1. The molecule has 1 aromatic heterocycles. The van der Waals surface area contributed by atoms with Crippen molar-refractivity contribution in [1.82, 2.24) is 4.98 Å². The normalized spacial score (nSPS) is 13.0. The summed E-state index contributed by atoms with van der Waals surface area (Å²) in [5.41, 5.74) is -1.51. The van der Waals surface area contributed by atoms with Crippen molar-refractivity contribution in [2.24, 2.45) is 0 Å². The zero-order valence-corrected chi connectivity index (χ0v) is 17.8. The van der Waals surface area contributed by atoms with Gasteiger partial charge in [-0.25, -0.2) is 9.78 Å². The first-order chi connectivity index (χ1) is 16.5. The molecule has 11 heteroatoms.